The fourth-order valence-electron chi connectivity index (χ4n) is 4.86. The number of nitrogens with one attached hydrogen (secondary N) is 2. The Labute approximate surface area is 172 Å². The molecule has 0 amide bonds. The van der Waals surface area contributed by atoms with E-state index >= 15 is 0 Å². The average Bonchev–Trinajstić information content (AvgIpc) is 3.32. The molecule has 0 radical (unpaired) electrons. The molecular formula is C25H30N4. The normalized spacial score (nSPS) is 20.5. The minimum absolute atomic E-state index is 0.571. The second kappa shape index (κ2) is 7.77. The number of aromatic nitrogens is 2. The van der Waals surface area contributed by atoms with Crippen molar-refractivity contribution in [3.05, 3.63) is 64.7 Å². The van der Waals surface area contributed by atoms with E-state index in [0.717, 1.165) is 35.7 Å². The van der Waals surface area contributed by atoms with Gasteiger partial charge >= 0.3 is 0 Å². The maximum absolute atomic E-state index is 5.73. The molecule has 0 unspecified atom stereocenters. The maximum atomic E-state index is 5.73. The van der Waals surface area contributed by atoms with Gasteiger partial charge in [0, 0.05) is 42.2 Å². The standard InChI is InChI=1S/C25H30N4/c1-16-2-9-21(10-3-16)27-15-18-6-11-22-20(12-18)13-23-24(28-29-25(22)23)19-7-4-17(14-26)5-8-19/h4-8,11-12,16,21,27H,2-3,9-10,13-15,26H2,1H3,(H,28,29). The Morgan fingerprint density at radius 1 is 1.03 bits per heavy atom. The lowest BCUT2D eigenvalue weighted by Crippen LogP contribution is -2.32. The Morgan fingerprint density at radius 3 is 2.55 bits per heavy atom. The summed E-state index contributed by atoms with van der Waals surface area (Å²) in [4.78, 5) is 0. The SMILES string of the molecule is CC1CCC(NCc2ccc3c(c2)Cc2c(-c4ccc(CN)cc4)n[nH]c2-3)CC1. The quantitative estimate of drug-likeness (QED) is 0.463. The van der Waals surface area contributed by atoms with Gasteiger partial charge in [-0.15, -0.1) is 0 Å². The summed E-state index contributed by atoms with van der Waals surface area (Å²) in [5, 5.41) is 11.7. The molecule has 150 valence electrons. The molecule has 0 saturated heterocycles. The molecule has 3 aromatic rings. The van der Waals surface area contributed by atoms with Gasteiger partial charge in [0.1, 0.15) is 0 Å². The van der Waals surface area contributed by atoms with E-state index in [9.17, 15) is 0 Å². The molecule has 2 aliphatic carbocycles. The molecule has 29 heavy (non-hydrogen) atoms. The number of aromatic amines is 1. The van der Waals surface area contributed by atoms with Crippen LogP contribution in [0.15, 0.2) is 42.5 Å². The Hall–Kier alpha value is -2.43. The average molecular weight is 387 g/mol. The van der Waals surface area contributed by atoms with Crippen LogP contribution in [-0.4, -0.2) is 16.2 Å². The molecule has 4 heteroatoms. The van der Waals surface area contributed by atoms with E-state index in [4.69, 9.17) is 5.73 Å². The lowest BCUT2D eigenvalue weighted by Gasteiger charge is -2.27. The van der Waals surface area contributed by atoms with Crippen LogP contribution in [0.25, 0.3) is 22.5 Å². The van der Waals surface area contributed by atoms with Gasteiger partial charge in [-0.2, -0.15) is 5.10 Å². The zero-order valence-corrected chi connectivity index (χ0v) is 17.2. The van der Waals surface area contributed by atoms with Crippen LogP contribution in [0.4, 0.5) is 0 Å². The lowest BCUT2D eigenvalue weighted by molar-refractivity contribution is 0.306. The topological polar surface area (TPSA) is 66.7 Å². The van der Waals surface area contributed by atoms with Crippen molar-refractivity contribution in [1.29, 1.82) is 0 Å². The van der Waals surface area contributed by atoms with E-state index in [1.165, 1.54) is 53.6 Å². The van der Waals surface area contributed by atoms with Gasteiger partial charge in [-0.25, -0.2) is 0 Å². The fourth-order valence-corrected chi connectivity index (χ4v) is 4.86. The van der Waals surface area contributed by atoms with Crippen molar-refractivity contribution in [2.24, 2.45) is 11.7 Å². The van der Waals surface area contributed by atoms with E-state index in [1.807, 2.05) is 0 Å². The molecule has 1 heterocycles. The minimum atomic E-state index is 0.571. The Morgan fingerprint density at radius 2 is 1.79 bits per heavy atom. The first-order valence-electron chi connectivity index (χ1n) is 10.9. The number of fused-ring (bicyclic) bond motifs is 3. The maximum Gasteiger partial charge on any atom is 0.0962 e. The molecule has 0 aliphatic heterocycles. The predicted octanol–water partition coefficient (Wildman–Crippen LogP) is 4.77. The van der Waals surface area contributed by atoms with Crippen molar-refractivity contribution in [2.45, 2.75) is 58.2 Å². The van der Waals surface area contributed by atoms with Gasteiger partial charge < -0.3 is 11.1 Å². The van der Waals surface area contributed by atoms with E-state index in [-0.39, 0.29) is 0 Å². The van der Waals surface area contributed by atoms with Crippen molar-refractivity contribution in [1.82, 2.24) is 15.5 Å². The van der Waals surface area contributed by atoms with E-state index < -0.39 is 0 Å². The third kappa shape index (κ3) is 3.63. The number of rotatable bonds is 5. The molecule has 1 aromatic heterocycles. The molecule has 5 rings (SSSR count). The molecular weight excluding hydrogens is 356 g/mol. The second-order valence-corrected chi connectivity index (χ2v) is 8.83. The fraction of sp³-hybridized carbons (Fsp3) is 0.400. The van der Waals surface area contributed by atoms with Gasteiger partial charge in [-0.05, 0) is 48.3 Å². The molecule has 2 aliphatic rings. The lowest BCUT2D eigenvalue weighted by atomic mass is 9.87. The van der Waals surface area contributed by atoms with Crippen molar-refractivity contribution < 1.29 is 0 Å². The summed E-state index contributed by atoms with van der Waals surface area (Å²) in [5.41, 5.74) is 15.7. The first kappa shape index (κ1) is 18.6. The highest BCUT2D eigenvalue weighted by atomic mass is 15.1. The van der Waals surface area contributed by atoms with Crippen LogP contribution in [0, 0.1) is 5.92 Å². The molecule has 1 saturated carbocycles. The third-order valence-electron chi connectivity index (χ3n) is 6.75. The summed E-state index contributed by atoms with van der Waals surface area (Å²) in [6.45, 7) is 3.91. The highest BCUT2D eigenvalue weighted by Crippen LogP contribution is 2.40. The molecule has 0 spiro atoms. The van der Waals surface area contributed by atoms with Gasteiger partial charge in [-0.3, -0.25) is 5.10 Å². The summed E-state index contributed by atoms with van der Waals surface area (Å²) < 4.78 is 0. The van der Waals surface area contributed by atoms with Crippen LogP contribution in [0.2, 0.25) is 0 Å². The molecule has 4 nitrogen and oxygen atoms in total. The van der Waals surface area contributed by atoms with Crippen molar-refractivity contribution in [2.75, 3.05) is 0 Å². The van der Waals surface area contributed by atoms with Crippen LogP contribution in [0.5, 0.6) is 0 Å². The van der Waals surface area contributed by atoms with Crippen LogP contribution < -0.4 is 11.1 Å². The first-order valence-corrected chi connectivity index (χ1v) is 10.9. The van der Waals surface area contributed by atoms with Crippen molar-refractivity contribution in [3.63, 3.8) is 0 Å². The molecule has 1 fully saturated rings. The highest BCUT2D eigenvalue weighted by Gasteiger charge is 2.25. The number of nitrogens with two attached hydrogens (primary N) is 1. The van der Waals surface area contributed by atoms with E-state index in [1.54, 1.807) is 0 Å². The monoisotopic (exact) mass is 386 g/mol. The number of benzene rings is 2. The van der Waals surface area contributed by atoms with Gasteiger partial charge in [0.2, 0.25) is 0 Å². The van der Waals surface area contributed by atoms with Crippen LogP contribution >= 0.6 is 0 Å². The summed E-state index contributed by atoms with van der Waals surface area (Å²) in [7, 11) is 0. The van der Waals surface area contributed by atoms with Crippen LogP contribution in [0.3, 0.4) is 0 Å². The summed E-state index contributed by atoms with van der Waals surface area (Å²) in [5.74, 6) is 0.899. The number of hydrogen-bond donors (Lipinski definition) is 3. The third-order valence-corrected chi connectivity index (χ3v) is 6.75. The molecule has 0 atom stereocenters. The van der Waals surface area contributed by atoms with Gasteiger partial charge in [0.15, 0.2) is 0 Å². The zero-order chi connectivity index (χ0) is 19.8. The van der Waals surface area contributed by atoms with Gasteiger partial charge in [-0.1, -0.05) is 49.4 Å². The van der Waals surface area contributed by atoms with E-state index in [0.29, 0.717) is 12.6 Å². The Balaban J connectivity index is 1.31. The zero-order valence-electron chi connectivity index (χ0n) is 17.2. The largest absolute Gasteiger partial charge is 0.326 e. The molecule has 0 bridgehead atoms. The summed E-state index contributed by atoms with van der Waals surface area (Å²) in [6.07, 6.45) is 6.30. The van der Waals surface area contributed by atoms with Crippen LogP contribution in [-0.2, 0) is 19.5 Å². The Kier molecular flexibility index (Phi) is 4.98. The number of hydrogen-bond acceptors (Lipinski definition) is 3. The molecule has 4 N–H and O–H groups in total. The van der Waals surface area contributed by atoms with Gasteiger partial charge in [0.05, 0.1) is 11.4 Å². The smallest absolute Gasteiger partial charge is 0.0962 e. The summed E-state index contributed by atoms with van der Waals surface area (Å²) in [6, 6.07) is 16.0. The predicted molar refractivity (Wildman–Crippen MR) is 118 cm³/mol. The second-order valence-electron chi connectivity index (χ2n) is 8.83. The van der Waals surface area contributed by atoms with Crippen LogP contribution in [0.1, 0.15) is 54.9 Å². The number of H-pyrrole nitrogens is 1. The number of nitrogens with zero attached hydrogens (tertiary/aromatic N) is 1. The van der Waals surface area contributed by atoms with Crippen molar-refractivity contribution >= 4 is 0 Å². The van der Waals surface area contributed by atoms with Crippen molar-refractivity contribution in [3.8, 4) is 22.5 Å². The minimum Gasteiger partial charge on any atom is -0.326 e. The van der Waals surface area contributed by atoms with E-state index in [2.05, 4.69) is 64.9 Å². The molecule has 2 aromatic carbocycles. The summed E-state index contributed by atoms with van der Waals surface area (Å²) >= 11 is 0. The van der Waals surface area contributed by atoms with Gasteiger partial charge in [0.25, 0.3) is 0 Å². The Bertz CT molecular complexity index is 994. The highest BCUT2D eigenvalue weighted by molar-refractivity contribution is 5.81. The first-order chi connectivity index (χ1) is 14.2.